The van der Waals surface area contributed by atoms with Crippen LogP contribution in [0, 0.1) is 0 Å². The molecule has 28 heavy (non-hydrogen) atoms. The summed E-state index contributed by atoms with van der Waals surface area (Å²) >= 11 is 3.92. The Bertz CT molecular complexity index is 801. The second kappa shape index (κ2) is 8.05. The summed E-state index contributed by atoms with van der Waals surface area (Å²) in [7, 11) is 0. The molecule has 6 heteroatoms. The second-order valence-electron chi connectivity index (χ2n) is 8.43. The van der Waals surface area contributed by atoms with Crippen LogP contribution >= 0.6 is 22.7 Å². The maximum Gasteiger partial charge on any atom is 0.185 e. The predicted molar refractivity (Wildman–Crippen MR) is 118 cm³/mol. The van der Waals surface area contributed by atoms with Crippen LogP contribution in [0.1, 0.15) is 59.2 Å². The highest BCUT2D eigenvalue weighted by molar-refractivity contribution is 7.15. The third-order valence-electron chi connectivity index (χ3n) is 6.62. The summed E-state index contributed by atoms with van der Waals surface area (Å²) in [5.41, 5.74) is 1.51. The lowest BCUT2D eigenvalue weighted by Gasteiger charge is -2.44. The Morgan fingerprint density at radius 3 is 2.68 bits per heavy atom. The number of hydrogen-bond acceptors (Lipinski definition) is 6. The first-order valence-corrected chi connectivity index (χ1v) is 12.6. The van der Waals surface area contributed by atoms with E-state index < -0.39 is 0 Å². The summed E-state index contributed by atoms with van der Waals surface area (Å²) < 4.78 is 6.44. The number of rotatable bonds is 4. The maximum absolute atomic E-state index is 6.44. The molecule has 0 saturated carbocycles. The van der Waals surface area contributed by atoms with Crippen molar-refractivity contribution < 1.29 is 4.74 Å². The molecule has 3 aliphatic heterocycles. The lowest BCUT2D eigenvalue weighted by Crippen LogP contribution is -2.45. The number of thiophene rings is 1. The van der Waals surface area contributed by atoms with Gasteiger partial charge in [-0.15, -0.1) is 22.7 Å². The number of anilines is 1. The summed E-state index contributed by atoms with van der Waals surface area (Å²) in [6.45, 7) is 8.80. The van der Waals surface area contributed by atoms with Gasteiger partial charge in [0.1, 0.15) is 0 Å². The fraction of sp³-hybridized carbons (Fsp3) is 0.682. The molecule has 2 aromatic heterocycles. The van der Waals surface area contributed by atoms with Gasteiger partial charge >= 0.3 is 0 Å². The summed E-state index contributed by atoms with van der Waals surface area (Å²) in [4.78, 5) is 14.3. The van der Waals surface area contributed by atoms with E-state index >= 15 is 0 Å². The van der Waals surface area contributed by atoms with Gasteiger partial charge in [-0.1, -0.05) is 6.92 Å². The van der Waals surface area contributed by atoms with Gasteiger partial charge in [-0.2, -0.15) is 0 Å². The first kappa shape index (κ1) is 19.0. The average Bonchev–Trinajstić information content (AvgIpc) is 3.38. The van der Waals surface area contributed by atoms with Crippen LogP contribution in [0.25, 0.3) is 0 Å². The highest BCUT2D eigenvalue weighted by Gasteiger charge is 2.41. The lowest BCUT2D eigenvalue weighted by molar-refractivity contribution is -0.0980. The van der Waals surface area contributed by atoms with Gasteiger partial charge in [-0.05, 0) is 50.2 Å². The van der Waals surface area contributed by atoms with Gasteiger partial charge in [0.25, 0.3) is 0 Å². The topological polar surface area (TPSA) is 28.6 Å². The fourth-order valence-electron chi connectivity index (χ4n) is 4.95. The molecule has 3 aliphatic rings. The monoisotopic (exact) mass is 417 g/mol. The molecule has 0 aliphatic carbocycles. The van der Waals surface area contributed by atoms with Gasteiger partial charge in [0.05, 0.1) is 12.2 Å². The Balaban J connectivity index is 1.22. The molecule has 2 aromatic rings. The van der Waals surface area contributed by atoms with Crippen LogP contribution in [0.5, 0.6) is 0 Å². The minimum atomic E-state index is -0.0132. The van der Waals surface area contributed by atoms with Gasteiger partial charge in [-0.3, -0.25) is 4.90 Å². The van der Waals surface area contributed by atoms with Crippen molar-refractivity contribution >= 4 is 27.8 Å². The van der Waals surface area contributed by atoms with Gasteiger partial charge in [-0.25, -0.2) is 4.98 Å². The molecule has 2 fully saturated rings. The molecule has 0 unspecified atom stereocenters. The van der Waals surface area contributed by atoms with E-state index in [1.807, 2.05) is 22.7 Å². The van der Waals surface area contributed by atoms with Crippen LogP contribution in [0.15, 0.2) is 12.3 Å². The molecule has 1 spiro atoms. The number of piperidine rings is 2. The molecule has 0 atom stereocenters. The van der Waals surface area contributed by atoms with E-state index in [1.165, 1.54) is 52.8 Å². The van der Waals surface area contributed by atoms with Gasteiger partial charge < -0.3 is 9.64 Å². The normalized spacial score (nSPS) is 22.5. The van der Waals surface area contributed by atoms with Gasteiger partial charge in [0, 0.05) is 60.0 Å². The average molecular weight is 418 g/mol. The third-order valence-corrected chi connectivity index (χ3v) is 9.00. The van der Waals surface area contributed by atoms with Crippen LogP contribution < -0.4 is 4.90 Å². The highest BCUT2D eigenvalue weighted by Crippen LogP contribution is 2.45. The quantitative estimate of drug-likeness (QED) is 0.713. The van der Waals surface area contributed by atoms with Crippen LogP contribution in [-0.4, -0.2) is 42.7 Å². The zero-order valence-corrected chi connectivity index (χ0v) is 18.5. The number of hydrogen-bond donors (Lipinski definition) is 0. The van der Waals surface area contributed by atoms with E-state index in [4.69, 9.17) is 9.72 Å². The Labute approximate surface area is 176 Å². The molecular weight excluding hydrogens is 386 g/mol. The first-order valence-electron chi connectivity index (χ1n) is 10.9. The van der Waals surface area contributed by atoms with Crippen LogP contribution in [0.4, 0.5) is 5.13 Å². The van der Waals surface area contributed by atoms with Crippen molar-refractivity contribution in [3.63, 3.8) is 0 Å². The zero-order chi connectivity index (χ0) is 19.0. The fourth-order valence-corrected chi connectivity index (χ4v) is 7.14. The van der Waals surface area contributed by atoms with E-state index in [9.17, 15) is 0 Å². The molecule has 152 valence electrons. The third kappa shape index (κ3) is 3.64. The van der Waals surface area contributed by atoms with E-state index in [0.717, 1.165) is 51.9 Å². The highest BCUT2D eigenvalue weighted by atomic mass is 32.1. The van der Waals surface area contributed by atoms with Crippen molar-refractivity contribution in [2.75, 3.05) is 37.7 Å². The van der Waals surface area contributed by atoms with E-state index in [2.05, 4.69) is 29.0 Å². The Hall–Kier alpha value is -0.950. The van der Waals surface area contributed by atoms with E-state index in [1.54, 1.807) is 4.88 Å². The molecule has 0 N–H and O–H groups in total. The number of fused-ring (bicyclic) bond motifs is 2. The Morgan fingerprint density at radius 1 is 1.07 bits per heavy atom. The van der Waals surface area contributed by atoms with Crippen molar-refractivity contribution in [3.8, 4) is 0 Å². The van der Waals surface area contributed by atoms with Crippen molar-refractivity contribution in [2.24, 2.45) is 0 Å². The summed E-state index contributed by atoms with van der Waals surface area (Å²) in [5, 5.41) is 1.23. The molecule has 5 heterocycles. The largest absolute Gasteiger partial charge is 0.370 e. The minimum absolute atomic E-state index is 0.0132. The van der Waals surface area contributed by atoms with E-state index in [-0.39, 0.29) is 5.60 Å². The number of aromatic nitrogens is 1. The minimum Gasteiger partial charge on any atom is -0.370 e. The number of thiazole rings is 1. The lowest BCUT2D eigenvalue weighted by atomic mass is 9.82. The molecule has 0 amide bonds. The molecule has 0 radical (unpaired) electrons. The molecule has 4 nitrogen and oxygen atoms in total. The first-order chi connectivity index (χ1) is 13.8. The van der Waals surface area contributed by atoms with Crippen LogP contribution in [-0.2, 0) is 29.7 Å². The Kier molecular flexibility index (Phi) is 5.48. The number of likely N-dealkylation sites (tertiary alicyclic amines) is 1. The van der Waals surface area contributed by atoms with Crippen molar-refractivity contribution in [1.82, 2.24) is 9.88 Å². The number of aryl methyl sites for hydroxylation is 1. The predicted octanol–water partition coefficient (Wildman–Crippen LogP) is 4.82. The molecular formula is C22H31N3OS2. The van der Waals surface area contributed by atoms with E-state index in [0.29, 0.717) is 0 Å². The zero-order valence-electron chi connectivity index (χ0n) is 16.9. The molecule has 5 rings (SSSR count). The SMILES string of the molecule is CCc1cc2c(s1)CCOC21CCN(Cc2cnc(N3CCCCC3)s2)CC1. The number of nitrogens with zero attached hydrogens (tertiary/aromatic N) is 3. The summed E-state index contributed by atoms with van der Waals surface area (Å²) in [6.07, 6.45) is 10.6. The smallest absolute Gasteiger partial charge is 0.185 e. The van der Waals surface area contributed by atoms with Crippen molar-refractivity contribution in [3.05, 3.63) is 32.5 Å². The van der Waals surface area contributed by atoms with Crippen molar-refractivity contribution in [1.29, 1.82) is 0 Å². The van der Waals surface area contributed by atoms with Crippen LogP contribution in [0.3, 0.4) is 0 Å². The summed E-state index contributed by atoms with van der Waals surface area (Å²) in [6, 6.07) is 2.45. The molecule has 0 aromatic carbocycles. The van der Waals surface area contributed by atoms with Gasteiger partial charge in [0.15, 0.2) is 5.13 Å². The number of ether oxygens (including phenoxy) is 1. The Morgan fingerprint density at radius 2 is 1.89 bits per heavy atom. The standard InChI is InChI=1S/C22H31N3OS2/c1-2-17-14-19-20(27-17)6-13-26-22(19)7-11-24(12-8-22)16-18-15-23-21(28-18)25-9-4-3-5-10-25/h14-15H,2-13,16H2,1H3. The maximum atomic E-state index is 6.44. The second-order valence-corrected chi connectivity index (χ2v) is 10.7. The molecule has 2 saturated heterocycles. The van der Waals surface area contributed by atoms with Gasteiger partial charge in [0.2, 0.25) is 0 Å². The molecule has 0 bridgehead atoms. The van der Waals surface area contributed by atoms with Crippen LogP contribution in [0.2, 0.25) is 0 Å². The summed E-state index contributed by atoms with van der Waals surface area (Å²) in [5.74, 6) is 0. The van der Waals surface area contributed by atoms with Crippen molar-refractivity contribution in [2.45, 2.75) is 64.0 Å².